The molecular weight excluding hydrogens is 334 g/mol. The SMILES string of the molecule is CCOC(=O)N1CCC(NCCC(=O)Nc2ccc(C(C)=O)cc2)CC1. The summed E-state index contributed by atoms with van der Waals surface area (Å²) in [5.74, 6) is -0.0712. The molecule has 7 nitrogen and oxygen atoms in total. The van der Waals surface area contributed by atoms with Crippen molar-refractivity contribution >= 4 is 23.5 Å². The van der Waals surface area contributed by atoms with Crippen LogP contribution in [0.3, 0.4) is 0 Å². The zero-order valence-electron chi connectivity index (χ0n) is 15.4. The molecule has 0 saturated carbocycles. The standard InChI is InChI=1S/C19H27N3O4/c1-3-26-19(25)22-12-9-16(10-13-22)20-11-8-18(24)21-17-6-4-15(5-7-17)14(2)23/h4-7,16,20H,3,8-13H2,1-2H3,(H,21,24). The summed E-state index contributed by atoms with van der Waals surface area (Å²) >= 11 is 0. The van der Waals surface area contributed by atoms with Gasteiger partial charge in [-0.05, 0) is 51.0 Å². The third-order valence-corrected chi connectivity index (χ3v) is 4.38. The van der Waals surface area contributed by atoms with Gasteiger partial charge >= 0.3 is 6.09 Å². The number of rotatable bonds is 7. The average Bonchev–Trinajstić information content (AvgIpc) is 2.63. The Morgan fingerprint density at radius 2 is 1.81 bits per heavy atom. The van der Waals surface area contributed by atoms with E-state index in [1.165, 1.54) is 6.92 Å². The third kappa shape index (κ3) is 6.15. The maximum atomic E-state index is 12.0. The molecule has 0 bridgehead atoms. The topological polar surface area (TPSA) is 87.7 Å². The summed E-state index contributed by atoms with van der Waals surface area (Å²) < 4.78 is 5.00. The Morgan fingerprint density at radius 1 is 1.15 bits per heavy atom. The summed E-state index contributed by atoms with van der Waals surface area (Å²) in [5, 5.41) is 6.19. The van der Waals surface area contributed by atoms with E-state index in [1.807, 2.05) is 0 Å². The molecule has 2 amide bonds. The van der Waals surface area contributed by atoms with Gasteiger partial charge in [0, 0.05) is 43.3 Å². The van der Waals surface area contributed by atoms with Crippen LogP contribution in [0.5, 0.6) is 0 Å². The molecule has 2 N–H and O–H groups in total. The van der Waals surface area contributed by atoms with Crippen molar-refractivity contribution in [2.75, 3.05) is 31.6 Å². The van der Waals surface area contributed by atoms with E-state index in [-0.39, 0.29) is 17.8 Å². The zero-order chi connectivity index (χ0) is 18.9. The molecule has 1 aromatic rings. The third-order valence-electron chi connectivity index (χ3n) is 4.38. The molecule has 0 radical (unpaired) electrons. The molecule has 0 aliphatic carbocycles. The number of nitrogens with zero attached hydrogens (tertiary/aromatic N) is 1. The van der Waals surface area contributed by atoms with E-state index in [0.29, 0.717) is 50.0 Å². The number of benzene rings is 1. The lowest BCUT2D eigenvalue weighted by Crippen LogP contribution is -2.45. The molecule has 1 saturated heterocycles. The Labute approximate surface area is 154 Å². The first-order chi connectivity index (χ1) is 12.5. The zero-order valence-corrected chi connectivity index (χ0v) is 15.4. The van der Waals surface area contributed by atoms with E-state index in [0.717, 1.165) is 12.8 Å². The molecule has 0 atom stereocenters. The lowest BCUT2D eigenvalue weighted by molar-refractivity contribution is -0.116. The number of nitrogens with one attached hydrogen (secondary N) is 2. The Morgan fingerprint density at radius 3 is 2.38 bits per heavy atom. The number of piperidine rings is 1. The van der Waals surface area contributed by atoms with Gasteiger partial charge in [0.1, 0.15) is 0 Å². The van der Waals surface area contributed by atoms with E-state index in [9.17, 15) is 14.4 Å². The molecular formula is C19H27N3O4. The molecule has 1 heterocycles. The van der Waals surface area contributed by atoms with Gasteiger partial charge in [0.05, 0.1) is 6.61 Å². The smallest absolute Gasteiger partial charge is 0.409 e. The second-order valence-electron chi connectivity index (χ2n) is 6.35. The summed E-state index contributed by atoms with van der Waals surface area (Å²) in [6, 6.07) is 7.17. The predicted octanol–water partition coefficient (Wildman–Crippen LogP) is 2.43. The number of anilines is 1. The fourth-order valence-corrected chi connectivity index (χ4v) is 2.88. The molecule has 0 aromatic heterocycles. The molecule has 1 aliphatic heterocycles. The van der Waals surface area contributed by atoms with Crippen molar-refractivity contribution in [2.45, 2.75) is 39.2 Å². The number of ether oxygens (including phenoxy) is 1. The van der Waals surface area contributed by atoms with Crippen LogP contribution in [0.4, 0.5) is 10.5 Å². The normalized spacial score (nSPS) is 14.8. The summed E-state index contributed by atoms with van der Waals surface area (Å²) in [5.41, 5.74) is 1.31. The fraction of sp³-hybridized carbons (Fsp3) is 0.526. The number of Topliss-reactive ketones (excluding diaryl/α,β-unsaturated/α-hetero) is 1. The first-order valence-corrected chi connectivity index (χ1v) is 9.05. The second-order valence-corrected chi connectivity index (χ2v) is 6.35. The lowest BCUT2D eigenvalue weighted by Gasteiger charge is -2.31. The van der Waals surface area contributed by atoms with E-state index in [1.54, 1.807) is 36.1 Å². The Kier molecular flexibility index (Phi) is 7.59. The van der Waals surface area contributed by atoms with Crippen molar-refractivity contribution in [2.24, 2.45) is 0 Å². The van der Waals surface area contributed by atoms with Crippen LogP contribution in [0.15, 0.2) is 24.3 Å². The highest BCUT2D eigenvalue weighted by molar-refractivity contribution is 5.95. The number of carbonyl (C=O) groups is 3. The highest BCUT2D eigenvalue weighted by Gasteiger charge is 2.23. The number of hydrogen-bond acceptors (Lipinski definition) is 5. The van der Waals surface area contributed by atoms with Gasteiger partial charge in [-0.1, -0.05) is 0 Å². The second kappa shape index (κ2) is 9.91. The molecule has 0 spiro atoms. The first-order valence-electron chi connectivity index (χ1n) is 9.05. The van der Waals surface area contributed by atoms with Crippen LogP contribution in [0.25, 0.3) is 0 Å². The highest BCUT2D eigenvalue weighted by Crippen LogP contribution is 2.12. The van der Waals surface area contributed by atoms with Crippen molar-refractivity contribution in [3.63, 3.8) is 0 Å². The van der Waals surface area contributed by atoms with Gasteiger partial charge in [0.25, 0.3) is 0 Å². The van der Waals surface area contributed by atoms with Gasteiger partial charge in [0.2, 0.25) is 5.91 Å². The van der Waals surface area contributed by atoms with Gasteiger partial charge in [-0.25, -0.2) is 4.79 Å². The average molecular weight is 361 g/mol. The van der Waals surface area contributed by atoms with E-state index >= 15 is 0 Å². The Bertz CT molecular complexity index is 622. The molecule has 26 heavy (non-hydrogen) atoms. The fourth-order valence-electron chi connectivity index (χ4n) is 2.88. The summed E-state index contributed by atoms with van der Waals surface area (Å²) in [7, 11) is 0. The van der Waals surface area contributed by atoms with Crippen molar-refractivity contribution in [3.05, 3.63) is 29.8 Å². The number of amides is 2. The summed E-state index contributed by atoms with van der Waals surface area (Å²) in [6.45, 7) is 5.63. The summed E-state index contributed by atoms with van der Waals surface area (Å²) in [6.07, 6.45) is 1.83. The molecule has 0 unspecified atom stereocenters. The molecule has 1 fully saturated rings. The van der Waals surface area contributed by atoms with Crippen LogP contribution in [0, 0.1) is 0 Å². The van der Waals surface area contributed by atoms with Crippen LogP contribution in [0.1, 0.15) is 43.5 Å². The van der Waals surface area contributed by atoms with Gasteiger partial charge in [-0.15, -0.1) is 0 Å². The number of likely N-dealkylation sites (tertiary alicyclic amines) is 1. The van der Waals surface area contributed by atoms with Crippen LogP contribution in [-0.4, -0.2) is 55.0 Å². The van der Waals surface area contributed by atoms with Gasteiger partial charge in [-0.2, -0.15) is 0 Å². The quantitative estimate of drug-likeness (QED) is 0.728. The number of ketones is 1. The largest absolute Gasteiger partial charge is 0.450 e. The minimum Gasteiger partial charge on any atom is -0.450 e. The Balaban J connectivity index is 1.64. The van der Waals surface area contributed by atoms with Crippen molar-refractivity contribution in [1.29, 1.82) is 0 Å². The van der Waals surface area contributed by atoms with Crippen LogP contribution >= 0.6 is 0 Å². The maximum absolute atomic E-state index is 12.0. The van der Waals surface area contributed by atoms with Gasteiger partial charge in [-0.3, -0.25) is 9.59 Å². The minimum absolute atomic E-state index is 0.00100. The summed E-state index contributed by atoms with van der Waals surface area (Å²) in [4.78, 5) is 36.6. The Hall–Kier alpha value is -2.41. The number of hydrogen-bond donors (Lipinski definition) is 2. The maximum Gasteiger partial charge on any atom is 0.409 e. The number of carbonyl (C=O) groups excluding carboxylic acids is 3. The van der Waals surface area contributed by atoms with Gasteiger partial charge < -0.3 is 20.3 Å². The highest BCUT2D eigenvalue weighted by atomic mass is 16.6. The van der Waals surface area contributed by atoms with Crippen molar-refractivity contribution in [1.82, 2.24) is 10.2 Å². The van der Waals surface area contributed by atoms with E-state index < -0.39 is 0 Å². The van der Waals surface area contributed by atoms with Crippen molar-refractivity contribution in [3.8, 4) is 0 Å². The predicted molar refractivity (Wildman–Crippen MR) is 99.3 cm³/mol. The molecule has 1 aromatic carbocycles. The van der Waals surface area contributed by atoms with E-state index in [2.05, 4.69) is 10.6 Å². The van der Waals surface area contributed by atoms with Crippen molar-refractivity contribution < 1.29 is 19.1 Å². The molecule has 2 rings (SSSR count). The van der Waals surface area contributed by atoms with Crippen LogP contribution in [0.2, 0.25) is 0 Å². The minimum atomic E-state index is -0.249. The first kappa shape index (κ1) is 19.9. The molecule has 1 aliphatic rings. The van der Waals surface area contributed by atoms with Gasteiger partial charge in [0.15, 0.2) is 5.78 Å². The molecule has 142 valence electrons. The lowest BCUT2D eigenvalue weighted by atomic mass is 10.1. The monoisotopic (exact) mass is 361 g/mol. The van der Waals surface area contributed by atoms with Crippen LogP contribution in [-0.2, 0) is 9.53 Å². The van der Waals surface area contributed by atoms with E-state index in [4.69, 9.17) is 4.74 Å². The van der Waals surface area contributed by atoms with Crippen LogP contribution < -0.4 is 10.6 Å². The molecule has 7 heteroatoms.